The third kappa shape index (κ3) is 4.70. The van der Waals surface area contributed by atoms with Crippen molar-refractivity contribution in [1.82, 2.24) is 0 Å². The van der Waals surface area contributed by atoms with E-state index in [0.717, 1.165) is 27.4 Å². The van der Waals surface area contributed by atoms with Gasteiger partial charge in [-0.15, -0.1) is 0 Å². The van der Waals surface area contributed by atoms with Crippen molar-refractivity contribution >= 4 is 31.9 Å². The molecule has 0 saturated carbocycles. The van der Waals surface area contributed by atoms with E-state index in [0.29, 0.717) is 5.92 Å². The van der Waals surface area contributed by atoms with E-state index in [1.807, 2.05) is 18.2 Å². The molecule has 0 aliphatic heterocycles. The van der Waals surface area contributed by atoms with Crippen LogP contribution in [0.3, 0.4) is 0 Å². The SMILES string of the molecule is CC(C)CC[C@@H](O)[C@@H](N)c1ccc(Br)c(Br)c1. The van der Waals surface area contributed by atoms with Crippen LogP contribution in [0, 0.1) is 5.92 Å². The van der Waals surface area contributed by atoms with Crippen molar-refractivity contribution in [3.05, 3.63) is 32.7 Å². The van der Waals surface area contributed by atoms with Crippen molar-refractivity contribution in [2.45, 2.75) is 38.8 Å². The van der Waals surface area contributed by atoms with E-state index in [-0.39, 0.29) is 6.04 Å². The highest BCUT2D eigenvalue weighted by Crippen LogP contribution is 2.27. The summed E-state index contributed by atoms with van der Waals surface area (Å²) in [6.07, 6.45) is 1.25. The van der Waals surface area contributed by atoms with Crippen LogP contribution in [0.5, 0.6) is 0 Å². The zero-order chi connectivity index (χ0) is 13.0. The number of hydrogen-bond acceptors (Lipinski definition) is 2. The Labute approximate surface area is 120 Å². The molecule has 0 aliphatic rings. The maximum atomic E-state index is 10.0. The van der Waals surface area contributed by atoms with Gasteiger partial charge in [0.05, 0.1) is 12.1 Å². The molecule has 0 bridgehead atoms. The largest absolute Gasteiger partial charge is 0.391 e. The standard InChI is InChI=1S/C13H19Br2NO/c1-8(2)3-6-12(17)13(16)9-4-5-10(14)11(15)7-9/h4-5,7-8,12-13,17H,3,6,16H2,1-2H3/t12-,13+/m1/s1. The molecule has 1 aromatic rings. The van der Waals surface area contributed by atoms with E-state index < -0.39 is 6.10 Å². The Bertz CT molecular complexity index is 368. The third-order valence-electron chi connectivity index (χ3n) is 2.78. The first kappa shape index (κ1) is 15.2. The molecule has 1 rings (SSSR count). The molecule has 2 atom stereocenters. The summed E-state index contributed by atoms with van der Waals surface area (Å²) in [4.78, 5) is 0. The molecule has 0 spiro atoms. The molecule has 0 radical (unpaired) electrons. The van der Waals surface area contributed by atoms with Crippen LogP contribution in [0.25, 0.3) is 0 Å². The van der Waals surface area contributed by atoms with Gasteiger partial charge in [-0.25, -0.2) is 0 Å². The Kier molecular flexibility index (Phi) is 6.13. The first-order valence-corrected chi connectivity index (χ1v) is 7.39. The van der Waals surface area contributed by atoms with Crippen molar-refractivity contribution in [3.8, 4) is 0 Å². The van der Waals surface area contributed by atoms with Crippen LogP contribution < -0.4 is 5.73 Å². The zero-order valence-corrected chi connectivity index (χ0v) is 13.3. The smallest absolute Gasteiger partial charge is 0.0732 e. The van der Waals surface area contributed by atoms with Crippen molar-refractivity contribution in [1.29, 1.82) is 0 Å². The highest BCUT2D eigenvalue weighted by molar-refractivity contribution is 9.13. The number of nitrogens with two attached hydrogens (primary N) is 1. The number of aliphatic hydroxyl groups excluding tert-OH is 1. The molecular weight excluding hydrogens is 346 g/mol. The van der Waals surface area contributed by atoms with Crippen LogP contribution in [0.15, 0.2) is 27.1 Å². The molecule has 0 aromatic heterocycles. The summed E-state index contributed by atoms with van der Waals surface area (Å²) < 4.78 is 1.95. The maximum absolute atomic E-state index is 10.0. The minimum absolute atomic E-state index is 0.321. The number of benzene rings is 1. The molecular formula is C13H19Br2NO. The monoisotopic (exact) mass is 363 g/mol. The summed E-state index contributed by atoms with van der Waals surface area (Å²) >= 11 is 6.86. The fourth-order valence-corrected chi connectivity index (χ4v) is 2.27. The van der Waals surface area contributed by atoms with Gasteiger partial charge in [-0.1, -0.05) is 19.9 Å². The summed E-state index contributed by atoms with van der Waals surface area (Å²) in [5.41, 5.74) is 7.01. The lowest BCUT2D eigenvalue weighted by molar-refractivity contribution is 0.128. The van der Waals surface area contributed by atoms with E-state index in [1.165, 1.54) is 0 Å². The number of hydrogen-bond donors (Lipinski definition) is 2. The molecule has 1 aromatic carbocycles. The third-order valence-corrected chi connectivity index (χ3v) is 4.66. The lowest BCUT2D eigenvalue weighted by atomic mass is 9.96. The first-order chi connectivity index (χ1) is 7.91. The molecule has 3 N–H and O–H groups in total. The van der Waals surface area contributed by atoms with E-state index in [1.54, 1.807) is 0 Å². The average molecular weight is 365 g/mol. The molecule has 96 valence electrons. The number of aliphatic hydroxyl groups is 1. The van der Waals surface area contributed by atoms with Crippen LogP contribution in [0.1, 0.15) is 38.3 Å². The topological polar surface area (TPSA) is 46.2 Å². The summed E-state index contributed by atoms with van der Waals surface area (Å²) in [6.45, 7) is 4.29. The number of halogens is 2. The van der Waals surface area contributed by atoms with Crippen LogP contribution in [-0.2, 0) is 0 Å². The van der Waals surface area contributed by atoms with Crippen molar-refractivity contribution in [3.63, 3.8) is 0 Å². The van der Waals surface area contributed by atoms with Gasteiger partial charge in [-0.2, -0.15) is 0 Å². The van der Waals surface area contributed by atoms with Gasteiger partial charge >= 0.3 is 0 Å². The fourth-order valence-electron chi connectivity index (χ4n) is 1.63. The van der Waals surface area contributed by atoms with Crippen LogP contribution in [-0.4, -0.2) is 11.2 Å². The summed E-state index contributed by atoms with van der Waals surface area (Å²) in [6, 6.07) is 5.51. The highest BCUT2D eigenvalue weighted by atomic mass is 79.9. The number of rotatable bonds is 5. The van der Waals surface area contributed by atoms with E-state index in [4.69, 9.17) is 5.73 Å². The Morgan fingerprint density at radius 1 is 1.18 bits per heavy atom. The first-order valence-electron chi connectivity index (χ1n) is 5.80. The van der Waals surface area contributed by atoms with Crippen molar-refractivity contribution in [2.75, 3.05) is 0 Å². The van der Waals surface area contributed by atoms with Gasteiger partial charge in [0.1, 0.15) is 0 Å². The Hall–Kier alpha value is 0.1000. The highest BCUT2D eigenvalue weighted by Gasteiger charge is 2.17. The van der Waals surface area contributed by atoms with Gasteiger partial charge in [0, 0.05) is 8.95 Å². The Morgan fingerprint density at radius 3 is 2.35 bits per heavy atom. The van der Waals surface area contributed by atoms with Gasteiger partial charge in [-0.3, -0.25) is 0 Å². The second-order valence-electron chi connectivity index (χ2n) is 4.74. The van der Waals surface area contributed by atoms with Crippen LogP contribution in [0.2, 0.25) is 0 Å². The Morgan fingerprint density at radius 2 is 1.82 bits per heavy atom. The van der Waals surface area contributed by atoms with Crippen LogP contribution >= 0.6 is 31.9 Å². The lowest BCUT2D eigenvalue weighted by Crippen LogP contribution is -2.26. The maximum Gasteiger partial charge on any atom is 0.0732 e. The molecule has 0 saturated heterocycles. The van der Waals surface area contributed by atoms with Gasteiger partial charge < -0.3 is 10.8 Å². The second kappa shape index (κ2) is 6.88. The van der Waals surface area contributed by atoms with Gasteiger partial charge in [0.15, 0.2) is 0 Å². The van der Waals surface area contributed by atoms with Crippen LogP contribution in [0.4, 0.5) is 0 Å². The van der Waals surface area contributed by atoms with Gasteiger partial charge in [0.25, 0.3) is 0 Å². The van der Waals surface area contributed by atoms with Gasteiger partial charge in [0.2, 0.25) is 0 Å². The normalized spacial score (nSPS) is 15.0. The predicted molar refractivity (Wildman–Crippen MR) is 78.8 cm³/mol. The van der Waals surface area contributed by atoms with Gasteiger partial charge in [-0.05, 0) is 68.3 Å². The Balaban J connectivity index is 2.67. The second-order valence-corrected chi connectivity index (χ2v) is 6.45. The molecule has 4 heteroatoms. The quantitative estimate of drug-likeness (QED) is 0.829. The van der Waals surface area contributed by atoms with Crippen molar-refractivity contribution in [2.24, 2.45) is 11.7 Å². The molecule has 0 fully saturated rings. The van der Waals surface area contributed by atoms with E-state index in [9.17, 15) is 5.11 Å². The molecule has 0 unspecified atom stereocenters. The molecule has 17 heavy (non-hydrogen) atoms. The summed E-state index contributed by atoms with van der Waals surface area (Å²) in [5, 5.41) is 10.0. The molecule has 0 heterocycles. The molecule has 2 nitrogen and oxygen atoms in total. The van der Waals surface area contributed by atoms with E-state index >= 15 is 0 Å². The molecule has 0 amide bonds. The zero-order valence-electron chi connectivity index (χ0n) is 10.2. The fraction of sp³-hybridized carbons (Fsp3) is 0.538. The lowest BCUT2D eigenvalue weighted by Gasteiger charge is -2.20. The van der Waals surface area contributed by atoms with Crippen molar-refractivity contribution < 1.29 is 5.11 Å². The average Bonchev–Trinajstić information content (AvgIpc) is 2.28. The summed E-state index contributed by atoms with van der Waals surface area (Å²) in [5.74, 6) is 0.591. The van der Waals surface area contributed by atoms with E-state index in [2.05, 4.69) is 45.7 Å². The predicted octanol–water partition coefficient (Wildman–Crippen LogP) is 4.01. The summed E-state index contributed by atoms with van der Waals surface area (Å²) in [7, 11) is 0. The minimum atomic E-state index is -0.481. The molecule has 0 aliphatic carbocycles. The minimum Gasteiger partial charge on any atom is -0.391 e.